The third-order valence-electron chi connectivity index (χ3n) is 7.22. The molecule has 2 heterocycles. The van der Waals surface area contributed by atoms with Crippen LogP contribution in [0.25, 0.3) is 0 Å². The van der Waals surface area contributed by atoms with Crippen molar-refractivity contribution in [2.75, 3.05) is 13.7 Å². The molecule has 0 unspecified atom stereocenters. The summed E-state index contributed by atoms with van der Waals surface area (Å²) in [4.78, 5) is 12.7. The number of Topliss-reactive ketones (excluding diaryl/α,β-unsaturated/α-hetero) is 1. The molecule has 226 valence electrons. The van der Waals surface area contributed by atoms with Crippen molar-refractivity contribution in [3.8, 4) is 17.2 Å². The first-order chi connectivity index (χ1) is 19.5. The van der Waals surface area contributed by atoms with Crippen LogP contribution in [0.15, 0.2) is 42.5 Å². The van der Waals surface area contributed by atoms with Gasteiger partial charge in [0.2, 0.25) is 6.29 Å². The minimum Gasteiger partial charge on any atom is -0.507 e. The summed E-state index contributed by atoms with van der Waals surface area (Å²) in [6, 6.07) is 11.2. The third-order valence-corrected chi connectivity index (χ3v) is 7.22. The number of aromatic hydroxyl groups is 1. The number of rotatable bonds is 10. The van der Waals surface area contributed by atoms with Crippen molar-refractivity contribution < 1.29 is 64.2 Å². The van der Waals surface area contributed by atoms with E-state index in [0.717, 1.165) is 5.56 Å². The lowest BCUT2D eigenvalue weighted by atomic mass is 9.98. The van der Waals surface area contributed by atoms with Crippen LogP contribution in [-0.4, -0.2) is 117 Å². The Morgan fingerprint density at radius 2 is 1.44 bits per heavy atom. The Balaban J connectivity index is 1.35. The predicted molar refractivity (Wildman–Crippen MR) is 139 cm³/mol. The van der Waals surface area contributed by atoms with Gasteiger partial charge in [0.15, 0.2) is 12.1 Å². The number of phenolic OH excluding ortho intramolecular Hbond substituents is 1. The van der Waals surface area contributed by atoms with Crippen molar-refractivity contribution in [1.29, 1.82) is 0 Å². The quantitative estimate of drug-likeness (QED) is 0.173. The molecule has 0 saturated carbocycles. The second-order valence-electron chi connectivity index (χ2n) is 10.1. The van der Waals surface area contributed by atoms with E-state index in [1.807, 2.05) is 12.1 Å². The third kappa shape index (κ3) is 7.15. The van der Waals surface area contributed by atoms with E-state index in [0.29, 0.717) is 12.2 Å². The van der Waals surface area contributed by atoms with Crippen LogP contribution in [0.3, 0.4) is 0 Å². The van der Waals surface area contributed by atoms with Crippen LogP contribution in [0.4, 0.5) is 0 Å². The van der Waals surface area contributed by atoms with Gasteiger partial charge >= 0.3 is 0 Å². The van der Waals surface area contributed by atoms with Gasteiger partial charge in [0, 0.05) is 12.5 Å². The average molecular weight is 581 g/mol. The number of carbonyl (C=O) groups excluding carboxylic acids is 1. The molecule has 0 aliphatic carbocycles. The van der Waals surface area contributed by atoms with Crippen LogP contribution < -0.4 is 9.47 Å². The Bertz CT molecular complexity index is 1160. The summed E-state index contributed by atoms with van der Waals surface area (Å²) < 4.78 is 27.1. The molecule has 2 fully saturated rings. The molecule has 2 aromatic carbocycles. The van der Waals surface area contributed by atoms with Gasteiger partial charge < -0.3 is 59.4 Å². The van der Waals surface area contributed by atoms with E-state index < -0.39 is 68.0 Å². The molecule has 13 heteroatoms. The van der Waals surface area contributed by atoms with E-state index in [1.54, 1.807) is 19.2 Å². The molecule has 0 amide bonds. The maximum Gasteiger partial charge on any atom is 0.229 e. The van der Waals surface area contributed by atoms with Crippen molar-refractivity contribution in [2.24, 2.45) is 0 Å². The largest absolute Gasteiger partial charge is 0.507 e. The maximum atomic E-state index is 12.7. The van der Waals surface area contributed by atoms with Gasteiger partial charge in [-0.3, -0.25) is 4.79 Å². The number of ether oxygens (including phenoxy) is 5. The van der Waals surface area contributed by atoms with Crippen molar-refractivity contribution in [1.82, 2.24) is 0 Å². The Morgan fingerprint density at radius 1 is 0.805 bits per heavy atom. The van der Waals surface area contributed by atoms with Gasteiger partial charge in [-0.05, 0) is 43.2 Å². The van der Waals surface area contributed by atoms with Crippen LogP contribution in [0.2, 0.25) is 0 Å². The Morgan fingerprint density at radius 3 is 2.10 bits per heavy atom. The van der Waals surface area contributed by atoms with Gasteiger partial charge in [0.05, 0.1) is 25.4 Å². The normalized spacial score (nSPS) is 33.8. The summed E-state index contributed by atoms with van der Waals surface area (Å²) in [5.74, 6) is 0.0620. The molecule has 4 rings (SSSR count). The minimum absolute atomic E-state index is 0.0125. The minimum atomic E-state index is -1.71. The lowest BCUT2D eigenvalue weighted by molar-refractivity contribution is -0.318. The molecule has 2 aromatic rings. The first-order valence-corrected chi connectivity index (χ1v) is 13.2. The fourth-order valence-corrected chi connectivity index (χ4v) is 4.63. The summed E-state index contributed by atoms with van der Waals surface area (Å²) >= 11 is 0. The maximum absolute atomic E-state index is 12.7. The van der Waals surface area contributed by atoms with Gasteiger partial charge in [0.1, 0.15) is 60.0 Å². The number of methoxy groups -OCH3 is 1. The first kappa shape index (κ1) is 31.1. The zero-order valence-electron chi connectivity index (χ0n) is 22.5. The van der Waals surface area contributed by atoms with Crippen molar-refractivity contribution >= 4 is 5.78 Å². The summed E-state index contributed by atoms with van der Waals surface area (Å²) in [5.41, 5.74) is 0.999. The second kappa shape index (κ2) is 13.4. The van der Waals surface area contributed by atoms with Crippen molar-refractivity contribution in [3.05, 3.63) is 53.6 Å². The van der Waals surface area contributed by atoms with Crippen molar-refractivity contribution in [2.45, 2.75) is 81.2 Å². The van der Waals surface area contributed by atoms with E-state index in [1.165, 1.54) is 25.1 Å². The number of aliphatic hydroxyl groups is 6. The molecule has 2 aliphatic rings. The van der Waals surface area contributed by atoms with Crippen LogP contribution in [-0.2, 0) is 20.6 Å². The van der Waals surface area contributed by atoms with E-state index in [-0.39, 0.29) is 29.3 Å². The van der Waals surface area contributed by atoms with Gasteiger partial charge in [-0.2, -0.15) is 0 Å². The van der Waals surface area contributed by atoms with Crippen LogP contribution in [0, 0.1) is 0 Å². The number of aryl methyl sites for hydroxylation is 1. The van der Waals surface area contributed by atoms with Gasteiger partial charge in [-0.15, -0.1) is 0 Å². The van der Waals surface area contributed by atoms with Crippen LogP contribution >= 0.6 is 0 Å². The molecule has 0 bridgehead atoms. The van der Waals surface area contributed by atoms with Crippen molar-refractivity contribution in [3.63, 3.8) is 0 Å². The zero-order chi connectivity index (χ0) is 29.8. The molecule has 41 heavy (non-hydrogen) atoms. The number of hydrogen-bond acceptors (Lipinski definition) is 13. The Hall–Kier alpha value is -2.85. The lowest BCUT2D eigenvalue weighted by Crippen LogP contribution is -2.61. The molecule has 2 saturated heterocycles. The predicted octanol–water partition coefficient (Wildman–Crippen LogP) is -0.753. The van der Waals surface area contributed by atoms with E-state index in [9.17, 15) is 40.5 Å². The number of benzene rings is 2. The van der Waals surface area contributed by atoms with Gasteiger partial charge in [-0.1, -0.05) is 12.1 Å². The highest BCUT2D eigenvalue weighted by Gasteiger charge is 2.47. The van der Waals surface area contributed by atoms with Gasteiger partial charge in [0.25, 0.3) is 0 Å². The number of aliphatic hydroxyl groups excluding tert-OH is 6. The topological polar surface area (TPSA) is 205 Å². The number of hydrogen-bond donors (Lipinski definition) is 7. The second-order valence-corrected chi connectivity index (χ2v) is 10.1. The summed E-state index contributed by atoms with van der Waals surface area (Å²) in [6.45, 7) is 1.02. The first-order valence-electron chi connectivity index (χ1n) is 13.2. The lowest BCUT2D eigenvalue weighted by Gasteiger charge is -2.42. The molecular formula is C28H36O13. The van der Waals surface area contributed by atoms with E-state index in [4.69, 9.17) is 23.7 Å². The standard InChI is InChI=1S/C28H36O13/c1-13-21(31)23(33)25(35)27(39-13)38-12-20-22(32)24(34)26(36)28(41-20)40-16-8-9-17(19(30)11-16)18(29)10-5-14-3-6-15(37-2)7-4-14/h3-4,6-9,11,13,20-28,30-36H,5,10,12H2,1-2H3/t13-,20+,21-,22+,23+,24-,25+,26+,27+,28+/m0/s1. The van der Waals surface area contributed by atoms with E-state index >= 15 is 0 Å². The summed E-state index contributed by atoms with van der Waals surface area (Å²) in [6.07, 6.45) is -13.9. The fraction of sp³-hybridized carbons (Fsp3) is 0.536. The number of carbonyl (C=O) groups is 1. The number of ketones is 1. The zero-order valence-corrected chi connectivity index (χ0v) is 22.5. The molecule has 0 radical (unpaired) electrons. The molecule has 0 aromatic heterocycles. The molecular weight excluding hydrogens is 544 g/mol. The van der Waals surface area contributed by atoms with Crippen LogP contribution in [0.5, 0.6) is 17.2 Å². The Labute approximate surface area is 236 Å². The highest BCUT2D eigenvalue weighted by Crippen LogP contribution is 2.30. The number of phenols is 1. The SMILES string of the molecule is COc1ccc(CCC(=O)c2ccc(O[C@@H]3O[C@H](CO[C@@H]4O[C@@H](C)[C@H](O)[C@@H](O)[C@H]4O)[C@@H](O)[C@H](O)[C@H]3O)cc2O)cc1. The molecule has 10 atom stereocenters. The fourth-order valence-electron chi connectivity index (χ4n) is 4.63. The molecule has 2 aliphatic heterocycles. The highest BCUT2D eigenvalue weighted by atomic mass is 16.7. The monoisotopic (exact) mass is 580 g/mol. The molecule has 0 spiro atoms. The average Bonchev–Trinajstić information content (AvgIpc) is 2.97. The summed E-state index contributed by atoms with van der Waals surface area (Å²) in [5, 5.41) is 71.5. The Kier molecular flexibility index (Phi) is 10.2. The van der Waals surface area contributed by atoms with Gasteiger partial charge in [-0.25, -0.2) is 0 Å². The molecule has 13 nitrogen and oxygen atoms in total. The highest BCUT2D eigenvalue weighted by molar-refractivity contribution is 5.98. The summed E-state index contributed by atoms with van der Waals surface area (Å²) in [7, 11) is 1.56. The van der Waals surface area contributed by atoms with E-state index in [2.05, 4.69) is 0 Å². The smallest absolute Gasteiger partial charge is 0.229 e. The molecule has 7 N–H and O–H groups in total. The van der Waals surface area contributed by atoms with Crippen LogP contribution in [0.1, 0.15) is 29.3 Å².